The molecular formula is C9H13N3S. The molecule has 1 aromatic rings. The van der Waals surface area contributed by atoms with Crippen LogP contribution >= 0.6 is 11.3 Å². The molecule has 0 saturated carbocycles. The highest BCUT2D eigenvalue weighted by Crippen LogP contribution is 2.16. The number of likely N-dealkylation sites (tertiary alicyclic amines) is 1. The zero-order valence-corrected chi connectivity index (χ0v) is 8.31. The number of aromatic nitrogens is 1. The fourth-order valence-corrected chi connectivity index (χ4v) is 2.18. The fraction of sp³-hybridized carbons (Fsp3) is 0.556. The van der Waals surface area contributed by atoms with Gasteiger partial charge in [0.15, 0.2) is 0 Å². The van der Waals surface area contributed by atoms with Gasteiger partial charge in [-0.05, 0) is 12.8 Å². The number of amidine groups is 1. The molecular weight excluding hydrogens is 182 g/mol. The third-order valence-electron chi connectivity index (χ3n) is 2.30. The average Bonchev–Trinajstić information content (AvgIpc) is 2.61. The van der Waals surface area contributed by atoms with Crippen molar-refractivity contribution >= 4 is 17.2 Å². The van der Waals surface area contributed by atoms with E-state index in [1.165, 1.54) is 17.7 Å². The van der Waals surface area contributed by atoms with E-state index in [0.717, 1.165) is 25.3 Å². The first kappa shape index (κ1) is 8.69. The zero-order valence-electron chi connectivity index (χ0n) is 7.49. The van der Waals surface area contributed by atoms with E-state index in [1.54, 1.807) is 11.3 Å². The molecule has 0 spiro atoms. The summed E-state index contributed by atoms with van der Waals surface area (Å²) in [4.78, 5) is 7.44. The fourth-order valence-electron chi connectivity index (χ4n) is 1.57. The van der Waals surface area contributed by atoms with Gasteiger partial charge in [0.05, 0.1) is 17.9 Å². The van der Waals surface area contributed by atoms with Crippen LogP contribution in [-0.2, 0) is 6.54 Å². The SMILES string of the molecule is N=C1CCCCN1Cc1cncs1. The summed E-state index contributed by atoms with van der Waals surface area (Å²) in [5, 5.41) is 7.76. The third-order valence-corrected chi connectivity index (χ3v) is 3.07. The van der Waals surface area contributed by atoms with Crippen LogP contribution in [0.15, 0.2) is 11.7 Å². The maximum Gasteiger partial charge on any atom is 0.0960 e. The summed E-state index contributed by atoms with van der Waals surface area (Å²) in [5.74, 6) is 0.791. The quantitative estimate of drug-likeness (QED) is 0.785. The van der Waals surface area contributed by atoms with Gasteiger partial charge in [-0.3, -0.25) is 10.4 Å². The Kier molecular flexibility index (Phi) is 2.59. The second-order valence-corrected chi connectivity index (χ2v) is 4.26. The minimum atomic E-state index is 0.791. The molecule has 13 heavy (non-hydrogen) atoms. The molecule has 0 radical (unpaired) electrons. The maximum absolute atomic E-state index is 7.76. The summed E-state index contributed by atoms with van der Waals surface area (Å²) in [5.41, 5.74) is 1.85. The molecule has 0 aliphatic carbocycles. The molecule has 4 heteroatoms. The van der Waals surface area contributed by atoms with E-state index in [0.29, 0.717) is 0 Å². The first-order chi connectivity index (χ1) is 6.36. The smallest absolute Gasteiger partial charge is 0.0960 e. The Bertz CT molecular complexity index is 281. The highest BCUT2D eigenvalue weighted by Gasteiger charge is 2.14. The number of nitrogens with zero attached hydrogens (tertiary/aromatic N) is 2. The number of thiazole rings is 1. The molecule has 1 saturated heterocycles. The topological polar surface area (TPSA) is 40.0 Å². The van der Waals surface area contributed by atoms with Crippen LogP contribution in [0.5, 0.6) is 0 Å². The largest absolute Gasteiger partial charge is 0.355 e. The predicted octanol–water partition coefficient (Wildman–Crippen LogP) is 2.11. The summed E-state index contributed by atoms with van der Waals surface area (Å²) < 4.78 is 0. The Balaban J connectivity index is 1.97. The Morgan fingerprint density at radius 1 is 1.54 bits per heavy atom. The molecule has 0 bridgehead atoms. The van der Waals surface area contributed by atoms with E-state index in [9.17, 15) is 0 Å². The van der Waals surface area contributed by atoms with Gasteiger partial charge >= 0.3 is 0 Å². The lowest BCUT2D eigenvalue weighted by atomic mass is 10.1. The molecule has 1 fully saturated rings. The Labute approximate surface area is 81.9 Å². The molecule has 0 unspecified atom stereocenters. The minimum Gasteiger partial charge on any atom is -0.355 e. The Hall–Kier alpha value is -0.900. The number of piperidine rings is 1. The second kappa shape index (κ2) is 3.87. The summed E-state index contributed by atoms with van der Waals surface area (Å²) >= 11 is 1.67. The van der Waals surface area contributed by atoms with Gasteiger partial charge in [-0.1, -0.05) is 0 Å². The number of hydrogen-bond acceptors (Lipinski definition) is 3. The zero-order chi connectivity index (χ0) is 9.10. The molecule has 70 valence electrons. The lowest BCUT2D eigenvalue weighted by molar-refractivity contribution is 0.363. The lowest BCUT2D eigenvalue weighted by Crippen LogP contribution is -2.33. The van der Waals surface area contributed by atoms with Crippen molar-refractivity contribution in [1.29, 1.82) is 5.41 Å². The average molecular weight is 195 g/mol. The highest BCUT2D eigenvalue weighted by molar-refractivity contribution is 7.09. The van der Waals surface area contributed by atoms with Gasteiger partial charge in [-0.2, -0.15) is 0 Å². The first-order valence-corrected chi connectivity index (χ1v) is 5.44. The molecule has 0 aromatic carbocycles. The lowest BCUT2D eigenvalue weighted by Gasteiger charge is -2.28. The molecule has 1 N–H and O–H groups in total. The van der Waals surface area contributed by atoms with Crippen molar-refractivity contribution in [3.63, 3.8) is 0 Å². The second-order valence-electron chi connectivity index (χ2n) is 3.29. The van der Waals surface area contributed by atoms with Crippen LogP contribution in [0.25, 0.3) is 0 Å². The molecule has 0 amide bonds. The number of rotatable bonds is 2. The van der Waals surface area contributed by atoms with Crippen LogP contribution in [0, 0.1) is 5.41 Å². The molecule has 2 rings (SSSR count). The Morgan fingerprint density at radius 3 is 3.15 bits per heavy atom. The van der Waals surface area contributed by atoms with Crippen LogP contribution in [0.1, 0.15) is 24.1 Å². The van der Waals surface area contributed by atoms with E-state index in [-0.39, 0.29) is 0 Å². The van der Waals surface area contributed by atoms with Gasteiger partial charge in [0.2, 0.25) is 0 Å². The highest BCUT2D eigenvalue weighted by atomic mass is 32.1. The maximum atomic E-state index is 7.76. The van der Waals surface area contributed by atoms with E-state index >= 15 is 0 Å². The molecule has 1 aromatic heterocycles. The van der Waals surface area contributed by atoms with E-state index in [1.807, 2.05) is 11.7 Å². The van der Waals surface area contributed by atoms with E-state index in [4.69, 9.17) is 5.41 Å². The first-order valence-electron chi connectivity index (χ1n) is 4.56. The van der Waals surface area contributed by atoms with Crippen LogP contribution < -0.4 is 0 Å². The number of hydrogen-bond donors (Lipinski definition) is 1. The van der Waals surface area contributed by atoms with Crippen LogP contribution in [0.4, 0.5) is 0 Å². The van der Waals surface area contributed by atoms with E-state index < -0.39 is 0 Å². The molecule has 1 aliphatic rings. The van der Waals surface area contributed by atoms with Gasteiger partial charge < -0.3 is 4.90 Å². The van der Waals surface area contributed by atoms with Crippen molar-refractivity contribution in [2.75, 3.05) is 6.54 Å². The summed E-state index contributed by atoms with van der Waals surface area (Å²) in [7, 11) is 0. The monoisotopic (exact) mass is 195 g/mol. The van der Waals surface area contributed by atoms with Crippen molar-refractivity contribution in [2.24, 2.45) is 0 Å². The van der Waals surface area contributed by atoms with Crippen LogP contribution in [-0.4, -0.2) is 22.3 Å². The van der Waals surface area contributed by atoms with Gasteiger partial charge in [-0.25, -0.2) is 0 Å². The van der Waals surface area contributed by atoms with Gasteiger partial charge in [0, 0.05) is 24.0 Å². The normalized spacial score (nSPS) is 17.8. The summed E-state index contributed by atoms with van der Waals surface area (Å²) in [6.07, 6.45) is 5.24. The minimum absolute atomic E-state index is 0.791. The van der Waals surface area contributed by atoms with Crippen molar-refractivity contribution in [1.82, 2.24) is 9.88 Å². The third kappa shape index (κ3) is 2.06. The summed E-state index contributed by atoms with van der Waals surface area (Å²) in [6.45, 7) is 1.92. The van der Waals surface area contributed by atoms with Crippen LogP contribution in [0.2, 0.25) is 0 Å². The summed E-state index contributed by atoms with van der Waals surface area (Å²) in [6, 6.07) is 0. The Morgan fingerprint density at radius 2 is 2.46 bits per heavy atom. The molecule has 2 heterocycles. The van der Waals surface area contributed by atoms with Crippen LogP contribution in [0.3, 0.4) is 0 Å². The molecule has 3 nitrogen and oxygen atoms in total. The van der Waals surface area contributed by atoms with E-state index in [2.05, 4.69) is 9.88 Å². The van der Waals surface area contributed by atoms with Crippen molar-refractivity contribution in [2.45, 2.75) is 25.8 Å². The molecule has 1 aliphatic heterocycles. The number of nitrogens with one attached hydrogen (secondary N) is 1. The molecule has 0 atom stereocenters. The van der Waals surface area contributed by atoms with Crippen molar-refractivity contribution in [3.8, 4) is 0 Å². The van der Waals surface area contributed by atoms with Gasteiger partial charge in [-0.15, -0.1) is 11.3 Å². The van der Waals surface area contributed by atoms with Crippen molar-refractivity contribution in [3.05, 3.63) is 16.6 Å². The van der Waals surface area contributed by atoms with Crippen molar-refractivity contribution < 1.29 is 0 Å². The standard InChI is InChI=1S/C9H13N3S/c10-9-3-1-2-4-12(9)6-8-5-11-7-13-8/h5,7,10H,1-4,6H2. The predicted molar refractivity (Wildman–Crippen MR) is 54.1 cm³/mol. The van der Waals surface area contributed by atoms with Gasteiger partial charge in [0.1, 0.15) is 0 Å². The van der Waals surface area contributed by atoms with Gasteiger partial charge in [0.25, 0.3) is 0 Å².